The fourth-order valence-electron chi connectivity index (χ4n) is 1.97. The second-order valence-electron chi connectivity index (χ2n) is 4.53. The lowest BCUT2D eigenvalue weighted by Gasteiger charge is -2.15. The van der Waals surface area contributed by atoms with Crippen molar-refractivity contribution in [2.24, 2.45) is 0 Å². The van der Waals surface area contributed by atoms with Crippen molar-refractivity contribution in [2.45, 2.75) is 12.3 Å². The molecule has 0 aliphatic rings. The molecule has 2 aromatic carbocycles. The van der Waals surface area contributed by atoms with Crippen molar-refractivity contribution in [2.75, 3.05) is 13.2 Å². The number of aliphatic hydroxyl groups is 1. The average Bonchev–Trinajstić information content (AvgIpc) is 2.45. The molecule has 0 aliphatic carbocycles. The molecule has 0 bridgehead atoms. The molecule has 0 aromatic heterocycles. The molecule has 0 radical (unpaired) electrons. The molecule has 0 saturated carbocycles. The zero-order valence-electron chi connectivity index (χ0n) is 10.9. The molecular formula is C16H16BrFO2. The summed E-state index contributed by atoms with van der Waals surface area (Å²) in [5.41, 5.74) is 0.923. The molecular weight excluding hydrogens is 323 g/mol. The molecule has 20 heavy (non-hydrogen) atoms. The summed E-state index contributed by atoms with van der Waals surface area (Å²) in [6, 6.07) is 13.8. The van der Waals surface area contributed by atoms with Crippen molar-refractivity contribution in [3.05, 3.63) is 64.4 Å². The van der Waals surface area contributed by atoms with Crippen LogP contribution in [0, 0.1) is 5.82 Å². The Hall–Kier alpha value is -1.39. The lowest BCUT2D eigenvalue weighted by molar-refractivity contribution is 0.229. The van der Waals surface area contributed by atoms with Gasteiger partial charge in [0.2, 0.25) is 0 Å². The summed E-state index contributed by atoms with van der Waals surface area (Å²) in [5.74, 6) is 0.480. The van der Waals surface area contributed by atoms with Gasteiger partial charge in [-0.1, -0.05) is 34.1 Å². The highest BCUT2D eigenvalue weighted by molar-refractivity contribution is 9.10. The van der Waals surface area contributed by atoms with E-state index in [1.807, 2.05) is 24.3 Å². The number of ether oxygens (including phenoxy) is 1. The minimum Gasteiger partial charge on any atom is -0.494 e. The van der Waals surface area contributed by atoms with Gasteiger partial charge < -0.3 is 9.84 Å². The van der Waals surface area contributed by atoms with Crippen LogP contribution in [-0.4, -0.2) is 18.3 Å². The largest absolute Gasteiger partial charge is 0.494 e. The standard InChI is InChI=1S/C16H16BrFO2/c17-14-2-1-3-16(10-14)20-9-8-13(11-19)12-4-6-15(18)7-5-12/h1-7,10,13,19H,8-9,11H2. The van der Waals surface area contributed by atoms with Gasteiger partial charge in [0.05, 0.1) is 13.2 Å². The monoisotopic (exact) mass is 338 g/mol. The molecule has 0 heterocycles. The summed E-state index contributed by atoms with van der Waals surface area (Å²) >= 11 is 3.38. The smallest absolute Gasteiger partial charge is 0.123 e. The van der Waals surface area contributed by atoms with E-state index in [0.717, 1.165) is 15.8 Å². The molecule has 0 amide bonds. The maximum atomic E-state index is 12.9. The van der Waals surface area contributed by atoms with E-state index in [0.29, 0.717) is 13.0 Å². The highest BCUT2D eigenvalue weighted by atomic mass is 79.9. The summed E-state index contributed by atoms with van der Waals surface area (Å²) < 4.78 is 19.5. The van der Waals surface area contributed by atoms with E-state index in [2.05, 4.69) is 15.9 Å². The highest BCUT2D eigenvalue weighted by Crippen LogP contribution is 2.22. The van der Waals surface area contributed by atoms with Gasteiger partial charge in [-0.15, -0.1) is 0 Å². The third-order valence-electron chi connectivity index (χ3n) is 3.09. The van der Waals surface area contributed by atoms with Crippen LogP contribution in [0.5, 0.6) is 5.75 Å². The Kier molecular flexibility index (Phi) is 5.56. The molecule has 2 nitrogen and oxygen atoms in total. The van der Waals surface area contributed by atoms with Gasteiger partial charge in [-0.2, -0.15) is 0 Å². The zero-order chi connectivity index (χ0) is 14.4. The van der Waals surface area contributed by atoms with E-state index < -0.39 is 0 Å². The first-order valence-corrected chi connectivity index (χ1v) is 7.23. The lowest BCUT2D eigenvalue weighted by atomic mass is 9.97. The van der Waals surface area contributed by atoms with Gasteiger partial charge in [-0.3, -0.25) is 0 Å². The average molecular weight is 339 g/mol. The molecule has 2 aromatic rings. The van der Waals surface area contributed by atoms with Crippen LogP contribution in [0.25, 0.3) is 0 Å². The van der Waals surface area contributed by atoms with Crippen LogP contribution < -0.4 is 4.74 Å². The van der Waals surface area contributed by atoms with E-state index in [9.17, 15) is 9.50 Å². The van der Waals surface area contributed by atoms with Crippen molar-refractivity contribution >= 4 is 15.9 Å². The predicted octanol–water partition coefficient (Wildman–Crippen LogP) is 4.13. The van der Waals surface area contributed by atoms with Gasteiger partial charge in [0.25, 0.3) is 0 Å². The Balaban J connectivity index is 1.89. The fourth-order valence-corrected chi connectivity index (χ4v) is 2.35. The number of aliphatic hydroxyl groups excluding tert-OH is 1. The van der Waals surface area contributed by atoms with Crippen LogP contribution in [0.15, 0.2) is 53.0 Å². The molecule has 1 atom stereocenters. The Labute approximate surface area is 126 Å². The molecule has 1 unspecified atom stereocenters. The first-order chi connectivity index (χ1) is 9.69. The number of hydrogen-bond donors (Lipinski definition) is 1. The first-order valence-electron chi connectivity index (χ1n) is 6.43. The third-order valence-corrected chi connectivity index (χ3v) is 3.59. The second kappa shape index (κ2) is 7.41. The van der Waals surface area contributed by atoms with E-state index in [-0.39, 0.29) is 18.3 Å². The summed E-state index contributed by atoms with van der Waals surface area (Å²) in [5, 5.41) is 9.43. The molecule has 4 heteroatoms. The van der Waals surface area contributed by atoms with Crippen molar-refractivity contribution in [3.63, 3.8) is 0 Å². The maximum Gasteiger partial charge on any atom is 0.123 e. The number of hydrogen-bond acceptors (Lipinski definition) is 2. The highest BCUT2D eigenvalue weighted by Gasteiger charge is 2.10. The van der Waals surface area contributed by atoms with Crippen molar-refractivity contribution in [1.82, 2.24) is 0 Å². The van der Waals surface area contributed by atoms with E-state index in [4.69, 9.17) is 4.74 Å². The normalized spacial score (nSPS) is 12.2. The molecule has 0 spiro atoms. The number of benzene rings is 2. The molecule has 0 aliphatic heterocycles. The molecule has 0 fully saturated rings. The summed E-state index contributed by atoms with van der Waals surface area (Å²) in [4.78, 5) is 0. The quantitative estimate of drug-likeness (QED) is 0.857. The summed E-state index contributed by atoms with van der Waals surface area (Å²) in [6.45, 7) is 0.520. The van der Waals surface area contributed by atoms with Gasteiger partial charge in [0.15, 0.2) is 0 Å². The number of rotatable bonds is 6. The maximum absolute atomic E-state index is 12.9. The van der Waals surface area contributed by atoms with Crippen molar-refractivity contribution in [3.8, 4) is 5.75 Å². The van der Waals surface area contributed by atoms with Crippen molar-refractivity contribution in [1.29, 1.82) is 0 Å². The van der Waals surface area contributed by atoms with Crippen molar-refractivity contribution < 1.29 is 14.2 Å². The van der Waals surface area contributed by atoms with Crippen LogP contribution >= 0.6 is 15.9 Å². The molecule has 0 saturated heterocycles. The van der Waals surface area contributed by atoms with Crippen LogP contribution in [0.4, 0.5) is 4.39 Å². The minimum absolute atomic E-state index is 0.0213. The van der Waals surface area contributed by atoms with Gasteiger partial charge in [0.1, 0.15) is 11.6 Å². The van der Waals surface area contributed by atoms with Gasteiger partial charge in [0, 0.05) is 10.4 Å². The fraction of sp³-hybridized carbons (Fsp3) is 0.250. The molecule has 2 rings (SSSR count). The van der Waals surface area contributed by atoms with Gasteiger partial charge in [-0.25, -0.2) is 4.39 Å². The lowest BCUT2D eigenvalue weighted by Crippen LogP contribution is -2.09. The van der Waals surface area contributed by atoms with Crippen LogP contribution in [-0.2, 0) is 0 Å². The Morgan fingerprint density at radius 2 is 1.90 bits per heavy atom. The van der Waals surface area contributed by atoms with Crippen LogP contribution in [0.1, 0.15) is 17.9 Å². The Morgan fingerprint density at radius 1 is 1.15 bits per heavy atom. The van der Waals surface area contributed by atoms with Gasteiger partial charge >= 0.3 is 0 Å². The SMILES string of the molecule is OCC(CCOc1cccc(Br)c1)c1ccc(F)cc1. The van der Waals surface area contributed by atoms with Crippen LogP contribution in [0.2, 0.25) is 0 Å². The van der Waals surface area contributed by atoms with E-state index in [1.54, 1.807) is 12.1 Å². The molecule has 106 valence electrons. The Morgan fingerprint density at radius 3 is 2.55 bits per heavy atom. The third kappa shape index (κ3) is 4.32. The van der Waals surface area contributed by atoms with Crippen LogP contribution in [0.3, 0.4) is 0 Å². The predicted molar refractivity (Wildman–Crippen MR) is 80.5 cm³/mol. The van der Waals surface area contributed by atoms with E-state index in [1.165, 1.54) is 12.1 Å². The zero-order valence-corrected chi connectivity index (χ0v) is 12.5. The van der Waals surface area contributed by atoms with E-state index >= 15 is 0 Å². The first kappa shape index (κ1) is 15.0. The second-order valence-corrected chi connectivity index (χ2v) is 5.44. The Bertz CT molecular complexity index is 542. The topological polar surface area (TPSA) is 29.5 Å². The summed E-state index contributed by atoms with van der Waals surface area (Å²) in [6.07, 6.45) is 0.675. The molecule has 1 N–H and O–H groups in total. The summed E-state index contributed by atoms with van der Waals surface area (Å²) in [7, 11) is 0. The minimum atomic E-state index is -0.268. The number of halogens is 2. The van der Waals surface area contributed by atoms with Gasteiger partial charge in [-0.05, 0) is 42.3 Å².